The number of nitrogens with one attached hydrogen (secondary N) is 1. The molecule has 0 heterocycles. The molecule has 1 aromatic carbocycles. The van der Waals surface area contributed by atoms with Gasteiger partial charge in [-0.3, -0.25) is 0 Å². The molecule has 0 unspecified atom stereocenters. The molecule has 1 atom stereocenters. The summed E-state index contributed by atoms with van der Waals surface area (Å²) < 4.78 is 5.37. The standard InChI is InChI=1S/C16H26N2O2/c1-4-14(5-2)18-15(6-3)11-20-16(19)12-7-9-13(17)10-8-12/h7-10,14-15,18H,4-6,11,17H2,1-3H3/t15-/m1/s1. The van der Waals surface area contributed by atoms with Crippen molar-refractivity contribution in [3.05, 3.63) is 29.8 Å². The van der Waals surface area contributed by atoms with Crippen LogP contribution in [0.1, 0.15) is 50.4 Å². The van der Waals surface area contributed by atoms with Crippen molar-refractivity contribution in [1.29, 1.82) is 0 Å². The van der Waals surface area contributed by atoms with Crippen molar-refractivity contribution in [2.24, 2.45) is 0 Å². The molecule has 1 rings (SSSR count). The van der Waals surface area contributed by atoms with E-state index in [4.69, 9.17) is 10.5 Å². The number of ether oxygens (including phenoxy) is 1. The second kappa shape index (κ2) is 8.59. The van der Waals surface area contributed by atoms with Crippen LogP contribution in [0.3, 0.4) is 0 Å². The summed E-state index contributed by atoms with van der Waals surface area (Å²) in [6.07, 6.45) is 3.10. The first-order chi connectivity index (χ1) is 9.60. The third kappa shape index (κ3) is 5.21. The van der Waals surface area contributed by atoms with Gasteiger partial charge < -0.3 is 15.8 Å². The highest BCUT2D eigenvalue weighted by Gasteiger charge is 2.14. The van der Waals surface area contributed by atoms with Gasteiger partial charge >= 0.3 is 5.97 Å². The maximum Gasteiger partial charge on any atom is 0.338 e. The summed E-state index contributed by atoms with van der Waals surface area (Å²) in [7, 11) is 0. The Kier molecular flexibility index (Phi) is 7.09. The van der Waals surface area contributed by atoms with E-state index in [1.54, 1.807) is 24.3 Å². The summed E-state index contributed by atoms with van der Waals surface area (Å²) in [6.45, 7) is 6.82. The van der Waals surface area contributed by atoms with Crippen LogP contribution in [0.2, 0.25) is 0 Å². The lowest BCUT2D eigenvalue weighted by atomic mass is 10.1. The third-order valence-corrected chi connectivity index (χ3v) is 3.51. The van der Waals surface area contributed by atoms with Crippen LogP contribution in [0.15, 0.2) is 24.3 Å². The molecule has 4 nitrogen and oxygen atoms in total. The Morgan fingerprint density at radius 2 is 1.65 bits per heavy atom. The third-order valence-electron chi connectivity index (χ3n) is 3.51. The monoisotopic (exact) mass is 278 g/mol. The van der Waals surface area contributed by atoms with Gasteiger partial charge in [0.25, 0.3) is 0 Å². The Labute approximate surface area is 121 Å². The molecule has 20 heavy (non-hydrogen) atoms. The van der Waals surface area contributed by atoms with Gasteiger partial charge in [-0.15, -0.1) is 0 Å². The highest BCUT2D eigenvalue weighted by molar-refractivity contribution is 5.89. The Morgan fingerprint density at radius 1 is 1.10 bits per heavy atom. The Hall–Kier alpha value is -1.55. The molecule has 112 valence electrons. The molecule has 0 aromatic heterocycles. The van der Waals surface area contributed by atoms with Crippen LogP contribution in [0.5, 0.6) is 0 Å². The molecule has 4 heteroatoms. The van der Waals surface area contributed by atoms with E-state index in [0.29, 0.717) is 23.9 Å². The van der Waals surface area contributed by atoms with Gasteiger partial charge in [0.05, 0.1) is 5.56 Å². The highest BCUT2D eigenvalue weighted by atomic mass is 16.5. The topological polar surface area (TPSA) is 64.3 Å². The Balaban J connectivity index is 2.47. The van der Waals surface area contributed by atoms with E-state index < -0.39 is 0 Å². The van der Waals surface area contributed by atoms with Crippen molar-refractivity contribution in [2.45, 2.75) is 52.1 Å². The fourth-order valence-electron chi connectivity index (χ4n) is 2.02. The highest BCUT2D eigenvalue weighted by Crippen LogP contribution is 2.08. The van der Waals surface area contributed by atoms with Crippen molar-refractivity contribution in [3.8, 4) is 0 Å². The van der Waals surface area contributed by atoms with Crippen LogP contribution in [0, 0.1) is 0 Å². The van der Waals surface area contributed by atoms with Crippen molar-refractivity contribution >= 4 is 11.7 Å². The lowest BCUT2D eigenvalue weighted by Crippen LogP contribution is -2.40. The van der Waals surface area contributed by atoms with Crippen LogP contribution in [0.25, 0.3) is 0 Å². The number of benzene rings is 1. The van der Waals surface area contributed by atoms with E-state index >= 15 is 0 Å². The van der Waals surface area contributed by atoms with Crippen molar-refractivity contribution in [2.75, 3.05) is 12.3 Å². The van der Waals surface area contributed by atoms with E-state index in [9.17, 15) is 4.79 Å². The molecule has 0 saturated carbocycles. The Morgan fingerprint density at radius 3 is 2.15 bits per heavy atom. The average molecular weight is 278 g/mol. The minimum atomic E-state index is -0.296. The number of nitrogen functional groups attached to an aromatic ring is 1. The lowest BCUT2D eigenvalue weighted by molar-refractivity contribution is 0.0456. The lowest BCUT2D eigenvalue weighted by Gasteiger charge is -2.23. The summed E-state index contributed by atoms with van der Waals surface area (Å²) in [4.78, 5) is 11.9. The van der Waals surface area contributed by atoms with Crippen LogP contribution < -0.4 is 11.1 Å². The molecule has 0 radical (unpaired) electrons. The van der Waals surface area contributed by atoms with Gasteiger partial charge in [0.1, 0.15) is 6.61 Å². The molecule has 0 spiro atoms. The van der Waals surface area contributed by atoms with Crippen LogP contribution in [0.4, 0.5) is 5.69 Å². The smallest absolute Gasteiger partial charge is 0.338 e. The molecular formula is C16H26N2O2. The molecule has 0 saturated heterocycles. The first-order valence-corrected chi connectivity index (χ1v) is 7.39. The van der Waals surface area contributed by atoms with Crippen LogP contribution in [-0.2, 0) is 4.74 Å². The summed E-state index contributed by atoms with van der Waals surface area (Å²) in [5, 5.41) is 3.52. The Bertz CT molecular complexity index is 399. The summed E-state index contributed by atoms with van der Waals surface area (Å²) in [6, 6.07) is 7.47. The quantitative estimate of drug-likeness (QED) is 0.567. The molecule has 0 aliphatic heterocycles. The zero-order valence-electron chi connectivity index (χ0n) is 12.7. The zero-order chi connectivity index (χ0) is 15.0. The first-order valence-electron chi connectivity index (χ1n) is 7.39. The maximum atomic E-state index is 11.9. The zero-order valence-corrected chi connectivity index (χ0v) is 12.7. The number of nitrogens with two attached hydrogens (primary N) is 1. The van der Waals surface area contributed by atoms with Gasteiger partial charge in [-0.05, 0) is 43.5 Å². The average Bonchev–Trinajstić information content (AvgIpc) is 2.48. The number of anilines is 1. The normalized spacial score (nSPS) is 12.4. The number of esters is 1. The number of hydrogen-bond acceptors (Lipinski definition) is 4. The van der Waals surface area contributed by atoms with E-state index in [0.717, 1.165) is 19.3 Å². The van der Waals surface area contributed by atoms with Crippen LogP contribution >= 0.6 is 0 Å². The van der Waals surface area contributed by atoms with Gasteiger partial charge in [-0.2, -0.15) is 0 Å². The van der Waals surface area contributed by atoms with E-state index in [1.807, 2.05) is 0 Å². The van der Waals surface area contributed by atoms with E-state index in [-0.39, 0.29) is 12.0 Å². The number of hydrogen-bond donors (Lipinski definition) is 2. The summed E-state index contributed by atoms with van der Waals surface area (Å²) >= 11 is 0. The van der Waals surface area contributed by atoms with Crippen molar-refractivity contribution in [3.63, 3.8) is 0 Å². The van der Waals surface area contributed by atoms with Gasteiger partial charge in [-0.25, -0.2) is 4.79 Å². The predicted molar refractivity (Wildman–Crippen MR) is 82.7 cm³/mol. The van der Waals surface area contributed by atoms with Crippen molar-refractivity contribution in [1.82, 2.24) is 5.32 Å². The second-order valence-electron chi connectivity index (χ2n) is 5.01. The van der Waals surface area contributed by atoms with Gasteiger partial charge in [0.15, 0.2) is 0 Å². The number of rotatable bonds is 8. The SMILES string of the molecule is CCC(CC)N[C@H](CC)COC(=O)c1ccc(N)cc1. The summed E-state index contributed by atoms with van der Waals surface area (Å²) in [5.41, 5.74) is 6.77. The molecule has 0 amide bonds. The van der Waals surface area contributed by atoms with Crippen LogP contribution in [-0.4, -0.2) is 24.7 Å². The predicted octanol–water partition coefficient (Wildman–Crippen LogP) is 2.98. The second-order valence-corrected chi connectivity index (χ2v) is 5.01. The minimum absolute atomic E-state index is 0.206. The molecule has 0 aliphatic carbocycles. The molecule has 3 N–H and O–H groups in total. The molecule has 0 aliphatic rings. The number of carbonyl (C=O) groups is 1. The minimum Gasteiger partial charge on any atom is -0.460 e. The number of carbonyl (C=O) groups excluding carboxylic acids is 1. The summed E-state index contributed by atoms with van der Waals surface area (Å²) in [5.74, 6) is -0.296. The van der Waals surface area contributed by atoms with Gasteiger partial charge in [0.2, 0.25) is 0 Å². The first kappa shape index (κ1) is 16.5. The van der Waals surface area contributed by atoms with Gasteiger partial charge in [0, 0.05) is 17.8 Å². The molecule has 0 bridgehead atoms. The molecule has 0 fully saturated rings. The fourth-order valence-corrected chi connectivity index (χ4v) is 2.02. The largest absolute Gasteiger partial charge is 0.460 e. The van der Waals surface area contributed by atoms with E-state index in [2.05, 4.69) is 26.1 Å². The fraction of sp³-hybridized carbons (Fsp3) is 0.562. The van der Waals surface area contributed by atoms with Gasteiger partial charge in [-0.1, -0.05) is 20.8 Å². The van der Waals surface area contributed by atoms with E-state index in [1.165, 1.54) is 0 Å². The molecular weight excluding hydrogens is 252 g/mol. The van der Waals surface area contributed by atoms with Crippen molar-refractivity contribution < 1.29 is 9.53 Å². The maximum absolute atomic E-state index is 11.9. The molecule has 1 aromatic rings.